The molecule has 4 aliphatic carbocycles. The Morgan fingerprint density at radius 2 is 1.65 bits per heavy atom. The molecule has 0 heterocycles. The predicted octanol–water partition coefficient (Wildman–Crippen LogP) is 6.06. The van der Waals surface area contributed by atoms with Crippen LogP contribution in [-0.2, 0) is 0 Å². The quantitative estimate of drug-likeness (QED) is 0.504. The summed E-state index contributed by atoms with van der Waals surface area (Å²) in [7, 11) is 0. The molecule has 0 aliphatic heterocycles. The molecule has 0 saturated heterocycles. The molecule has 0 spiro atoms. The molecule has 0 aromatic carbocycles. The van der Waals surface area contributed by atoms with Crippen LogP contribution < -0.4 is 0 Å². The zero-order valence-electron chi connectivity index (χ0n) is 14.0. The predicted molar refractivity (Wildman–Crippen MR) is 85.5 cm³/mol. The Balaban J connectivity index is 1.62. The van der Waals surface area contributed by atoms with Crippen molar-refractivity contribution in [1.29, 1.82) is 0 Å². The van der Waals surface area contributed by atoms with Gasteiger partial charge in [-0.1, -0.05) is 33.6 Å². The van der Waals surface area contributed by atoms with Gasteiger partial charge >= 0.3 is 0 Å². The van der Waals surface area contributed by atoms with Crippen molar-refractivity contribution in [3.63, 3.8) is 0 Å². The first-order valence-corrected chi connectivity index (χ1v) is 9.53. The van der Waals surface area contributed by atoms with Crippen molar-refractivity contribution < 1.29 is 0 Å². The van der Waals surface area contributed by atoms with Crippen LogP contribution in [0, 0.1) is 40.4 Å². The third-order valence-electron chi connectivity index (χ3n) is 8.71. The van der Waals surface area contributed by atoms with E-state index < -0.39 is 0 Å². The second-order valence-corrected chi connectivity index (χ2v) is 9.62. The van der Waals surface area contributed by atoms with Crippen LogP contribution in [0.1, 0.15) is 85.0 Å². The Bertz CT molecular complexity index is 385. The highest BCUT2D eigenvalue weighted by Gasteiger charge is 2.57. The van der Waals surface area contributed by atoms with Gasteiger partial charge in [0.2, 0.25) is 0 Å². The fourth-order valence-electron chi connectivity index (χ4n) is 7.47. The molecule has 0 bridgehead atoms. The number of hydrogen-bond donors (Lipinski definition) is 0. The number of hydrogen-bond acceptors (Lipinski definition) is 0. The molecule has 4 aliphatic rings. The first-order chi connectivity index (χ1) is 9.53. The SMILES string of the molecule is CC1CC[C@@]2(C)[C@@H](CC[C@H]3[C@@H]4CCC[C@@]4(C)CC[C@@H]32)C1. The summed E-state index contributed by atoms with van der Waals surface area (Å²) in [6.45, 7) is 7.84. The molecular formula is C20H34. The maximum atomic E-state index is 2.71. The Kier molecular flexibility index (Phi) is 3.07. The van der Waals surface area contributed by atoms with Crippen LogP contribution in [0.3, 0.4) is 0 Å². The summed E-state index contributed by atoms with van der Waals surface area (Å²) in [6, 6.07) is 0. The van der Waals surface area contributed by atoms with Gasteiger partial charge in [-0.2, -0.15) is 0 Å². The second kappa shape index (κ2) is 4.50. The van der Waals surface area contributed by atoms with E-state index in [0.29, 0.717) is 0 Å². The Morgan fingerprint density at radius 3 is 2.50 bits per heavy atom. The molecule has 0 nitrogen and oxygen atoms in total. The van der Waals surface area contributed by atoms with E-state index in [2.05, 4.69) is 20.8 Å². The van der Waals surface area contributed by atoms with Gasteiger partial charge in [0, 0.05) is 0 Å². The molecule has 0 radical (unpaired) electrons. The van der Waals surface area contributed by atoms with Crippen molar-refractivity contribution in [2.24, 2.45) is 40.4 Å². The summed E-state index contributed by atoms with van der Waals surface area (Å²) in [6.07, 6.45) is 15.5. The lowest BCUT2D eigenvalue weighted by molar-refractivity contribution is -0.110. The van der Waals surface area contributed by atoms with Gasteiger partial charge in [-0.15, -0.1) is 0 Å². The monoisotopic (exact) mass is 274 g/mol. The van der Waals surface area contributed by atoms with Crippen LogP contribution in [0.5, 0.6) is 0 Å². The normalized spacial score (nSPS) is 58.6. The maximum Gasteiger partial charge on any atom is -0.0266 e. The molecule has 114 valence electrons. The van der Waals surface area contributed by atoms with E-state index in [9.17, 15) is 0 Å². The Labute approximate surface area is 126 Å². The Morgan fingerprint density at radius 1 is 0.800 bits per heavy atom. The van der Waals surface area contributed by atoms with Crippen molar-refractivity contribution in [2.75, 3.05) is 0 Å². The fraction of sp³-hybridized carbons (Fsp3) is 1.00. The zero-order valence-corrected chi connectivity index (χ0v) is 14.0. The van der Waals surface area contributed by atoms with E-state index in [0.717, 1.165) is 40.4 Å². The summed E-state index contributed by atoms with van der Waals surface area (Å²) in [5.41, 5.74) is 1.46. The number of rotatable bonds is 0. The second-order valence-electron chi connectivity index (χ2n) is 9.62. The van der Waals surface area contributed by atoms with Crippen LogP contribution in [0.25, 0.3) is 0 Å². The van der Waals surface area contributed by atoms with Crippen LogP contribution in [-0.4, -0.2) is 0 Å². The molecule has 4 saturated carbocycles. The van der Waals surface area contributed by atoms with Crippen molar-refractivity contribution in [3.05, 3.63) is 0 Å². The Hall–Kier alpha value is 0. The molecule has 0 aromatic rings. The average Bonchev–Trinajstić information content (AvgIpc) is 2.81. The summed E-state index contributed by atoms with van der Waals surface area (Å²) in [5, 5.41) is 0. The zero-order chi connectivity index (χ0) is 14.0. The lowest BCUT2D eigenvalue weighted by Crippen LogP contribution is -2.52. The minimum absolute atomic E-state index is 0.722. The highest BCUT2D eigenvalue weighted by Crippen LogP contribution is 2.66. The topological polar surface area (TPSA) is 0 Å². The summed E-state index contributed by atoms with van der Waals surface area (Å²) < 4.78 is 0. The van der Waals surface area contributed by atoms with Crippen LogP contribution in [0.15, 0.2) is 0 Å². The molecule has 0 aromatic heterocycles. The first kappa shape index (κ1) is 13.6. The fourth-order valence-corrected chi connectivity index (χ4v) is 7.47. The van der Waals surface area contributed by atoms with E-state index in [4.69, 9.17) is 0 Å². The van der Waals surface area contributed by atoms with Gasteiger partial charge in [-0.05, 0) is 91.8 Å². The molecular weight excluding hydrogens is 240 g/mol. The van der Waals surface area contributed by atoms with Gasteiger partial charge in [-0.3, -0.25) is 0 Å². The highest BCUT2D eigenvalue weighted by molar-refractivity contribution is 5.07. The molecule has 7 atom stereocenters. The van der Waals surface area contributed by atoms with Gasteiger partial charge in [0.25, 0.3) is 0 Å². The maximum absolute atomic E-state index is 2.71. The average molecular weight is 274 g/mol. The lowest BCUT2D eigenvalue weighted by Gasteiger charge is -2.60. The minimum Gasteiger partial charge on any atom is -0.0625 e. The van der Waals surface area contributed by atoms with Crippen molar-refractivity contribution in [2.45, 2.75) is 85.0 Å². The van der Waals surface area contributed by atoms with Crippen LogP contribution >= 0.6 is 0 Å². The van der Waals surface area contributed by atoms with Crippen molar-refractivity contribution >= 4 is 0 Å². The third-order valence-corrected chi connectivity index (χ3v) is 8.71. The van der Waals surface area contributed by atoms with Gasteiger partial charge in [0.05, 0.1) is 0 Å². The molecule has 0 amide bonds. The molecule has 1 unspecified atom stereocenters. The summed E-state index contributed by atoms with van der Waals surface area (Å²) in [4.78, 5) is 0. The smallest absolute Gasteiger partial charge is 0.0266 e. The summed E-state index contributed by atoms with van der Waals surface area (Å²) in [5.74, 6) is 5.36. The van der Waals surface area contributed by atoms with Gasteiger partial charge < -0.3 is 0 Å². The van der Waals surface area contributed by atoms with Crippen molar-refractivity contribution in [1.82, 2.24) is 0 Å². The highest BCUT2D eigenvalue weighted by atomic mass is 14.6. The van der Waals surface area contributed by atoms with E-state index >= 15 is 0 Å². The molecule has 4 fully saturated rings. The third kappa shape index (κ3) is 1.78. The lowest BCUT2D eigenvalue weighted by atomic mass is 9.45. The van der Waals surface area contributed by atoms with E-state index in [1.165, 1.54) is 19.3 Å². The minimum atomic E-state index is 0.722. The van der Waals surface area contributed by atoms with E-state index in [1.54, 1.807) is 44.9 Å². The summed E-state index contributed by atoms with van der Waals surface area (Å²) >= 11 is 0. The largest absolute Gasteiger partial charge is 0.0625 e. The molecule has 4 rings (SSSR count). The standard InChI is InChI=1S/C20H34/c1-14-8-12-20(3)15(13-14)6-7-16-17-5-4-10-19(17,2)11-9-18(16)20/h14-18H,4-13H2,1-3H3/t14?,15-,16-,17-,18-,19-,20-/m0/s1. The van der Waals surface area contributed by atoms with E-state index in [-0.39, 0.29) is 0 Å². The molecule has 0 heteroatoms. The first-order valence-electron chi connectivity index (χ1n) is 9.53. The van der Waals surface area contributed by atoms with Crippen molar-refractivity contribution in [3.8, 4) is 0 Å². The van der Waals surface area contributed by atoms with Crippen LogP contribution in [0.2, 0.25) is 0 Å². The van der Waals surface area contributed by atoms with E-state index in [1.807, 2.05) is 0 Å². The molecule has 0 N–H and O–H groups in total. The van der Waals surface area contributed by atoms with Gasteiger partial charge in [0.1, 0.15) is 0 Å². The number of fused-ring (bicyclic) bond motifs is 5. The van der Waals surface area contributed by atoms with Crippen LogP contribution in [0.4, 0.5) is 0 Å². The van der Waals surface area contributed by atoms with Gasteiger partial charge in [0.15, 0.2) is 0 Å². The molecule has 20 heavy (non-hydrogen) atoms. The van der Waals surface area contributed by atoms with Gasteiger partial charge in [-0.25, -0.2) is 0 Å².